The number of benzene rings is 1. The molecular formula is C9H3BrClF2N. The van der Waals surface area contributed by atoms with E-state index in [1.54, 1.807) is 6.07 Å². The van der Waals surface area contributed by atoms with Gasteiger partial charge in [0, 0.05) is 10.5 Å². The summed E-state index contributed by atoms with van der Waals surface area (Å²) >= 11 is 8.44. The monoisotopic (exact) mass is 277 g/mol. The molecule has 1 rings (SSSR count). The summed E-state index contributed by atoms with van der Waals surface area (Å²) in [5.41, 5.74) is -0.392. The molecule has 0 atom stereocenters. The van der Waals surface area contributed by atoms with Gasteiger partial charge in [-0.15, -0.1) is 0 Å². The van der Waals surface area contributed by atoms with Gasteiger partial charge < -0.3 is 0 Å². The van der Waals surface area contributed by atoms with Crippen LogP contribution in [0.3, 0.4) is 0 Å². The van der Waals surface area contributed by atoms with E-state index in [-0.39, 0.29) is 9.51 Å². The van der Waals surface area contributed by atoms with E-state index in [2.05, 4.69) is 15.9 Å². The molecule has 1 nitrogen and oxygen atoms in total. The van der Waals surface area contributed by atoms with Gasteiger partial charge in [-0.05, 0) is 12.1 Å². The van der Waals surface area contributed by atoms with Crippen molar-refractivity contribution in [2.24, 2.45) is 0 Å². The normalized spacial score (nSPS) is 11.2. The van der Waals surface area contributed by atoms with Crippen LogP contribution in [0.25, 0.3) is 5.03 Å². The zero-order valence-corrected chi connectivity index (χ0v) is 9.03. The van der Waals surface area contributed by atoms with Gasteiger partial charge in [0.05, 0.1) is 16.7 Å². The summed E-state index contributed by atoms with van der Waals surface area (Å²) in [6.45, 7) is 0. The van der Waals surface area contributed by atoms with Gasteiger partial charge in [-0.1, -0.05) is 27.5 Å². The van der Waals surface area contributed by atoms with Gasteiger partial charge in [-0.25, -0.2) is 8.78 Å². The topological polar surface area (TPSA) is 23.8 Å². The maximum absolute atomic E-state index is 13.2. The molecular weight excluding hydrogens is 275 g/mol. The van der Waals surface area contributed by atoms with Crippen molar-refractivity contribution in [3.05, 3.63) is 39.9 Å². The maximum atomic E-state index is 13.2. The predicted octanol–water partition coefficient (Wildman–Crippen LogP) is 3.83. The van der Waals surface area contributed by atoms with Crippen LogP contribution in [0.4, 0.5) is 8.78 Å². The second kappa shape index (κ2) is 4.54. The van der Waals surface area contributed by atoms with E-state index in [1.807, 2.05) is 0 Å². The molecule has 72 valence electrons. The number of nitriles is 1. The average molecular weight is 278 g/mol. The number of hydrogen-bond acceptors (Lipinski definition) is 1. The summed E-state index contributed by atoms with van der Waals surface area (Å²) < 4.78 is 26.6. The molecule has 14 heavy (non-hydrogen) atoms. The molecule has 0 radical (unpaired) electrons. The minimum atomic E-state index is -0.812. The number of hydrogen-bond donors (Lipinski definition) is 0. The van der Waals surface area contributed by atoms with Crippen molar-refractivity contribution in [3.63, 3.8) is 0 Å². The molecule has 0 N–H and O–H groups in total. The van der Waals surface area contributed by atoms with Crippen molar-refractivity contribution < 1.29 is 8.78 Å². The largest absolute Gasteiger partial charge is 0.206 e. The highest BCUT2D eigenvalue weighted by Gasteiger charge is 2.13. The first-order chi connectivity index (χ1) is 6.56. The Labute approximate surface area is 92.7 Å². The Balaban J connectivity index is 3.37. The zero-order valence-electron chi connectivity index (χ0n) is 6.69. The first-order valence-corrected chi connectivity index (χ1v) is 4.63. The maximum Gasteiger partial charge on any atom is 0.136 e. The van der Waals surface area contributed by atoms with Crippen LogP contribution in [-0.2, 0) is 0 Å². The lowest BCUT2D eigenvalue weighted by Crippen LogP contribution is -1.91. The van der Waals surface area contributed by atoms with E-state index in [0.29, 0.717) is 0 Å². The van der Waals surface area contributed by atoms with Crippen LogP contribution in [0.5, 0.6) is 0 Å². The third kappa shape index (κ3) is 2.31. The van der Waals surface area contributed by atoms with Crippen molar-refractivity contribution >= 4 is 32.6 Å². The predicted molar refractivity (Wildman–Crippen MR) is 53.5 cm³/mol. The second-order valence-electron chi connectivity index (χ2n) is 2.37. The van der Waals surface area contributed by atoms with Crippen LogP contribution in [0, 0.1) is 23.0 Å². The van der Waals surface area contributed by atoms with Crippen molar-refractivity contribution in [2.45, 2.75) is 0 Å². The van der Waals surface area contributed by atoms with Gasteiger partial charge in [0.2, 0.25) is 0 Å². The van der Waals surface area contributed by atoms with Gasteiger partial charge in [-0.3, -0.25) is 0 Å². The third-order valence-corrected chi connectivity index (χ3v) is 2.19. The number of halogens is 4. The highest BCUT2D eigenvalue weighted by molar-refractivity contribution is 9.10. The summed E-state index contributed by atoms with van der Waals surface area (Å²) in [5, 5.41) is 8.01. The summed E-state index contributed by atoms with van der Waals surface area (Å²) in [6.07, 6.45) is 0.872. The molecule has 1 aromatic carbocycles. The summed E-state index contributed by atoms with van der Waals surface area (Å²) in [7, 11) is 0. The first kappa shape index (κ1) is 11.2. The Morgan fingerprint density at radius 2 is 1.93 bits per heavy atom. The number of nitrogens with zero attached hydrogens (tertiary/aromatic N) is 1. The van der Waals surface area contributed by atoms with Crippen molar-refractivity contribution in [1.29, 1.82) is 5.26 Å². The second-order valence-corrected chi connectivity index (χ2v) is 3.69. The fraction of sp³-hybridized carbons (Fsp3) is 0. The highest BCUT2D eigenvalue weighted by Crippen LogP contribution is 2.27. The Morgan fingerprint density at radius 1 is 1.43 bits per heavy atom. The molecule has 0 unspecified atom stereocenters. The minimum absolute atomic E-state index is 0.255. The Bertz CT molecular complexity index is 414. The first-order valence-electron chi connectivity index (χ1n) is 3.46. The molecule has 0 aromatic heterocycles. The van der Waals surface area contributed by atoms with E-state index in [4.69, 9.17) is 16.9 Å². The van der Waals surface area contributed by atoms with Crippen LogP contribution in [0.2, 0.25) is 0 Å². The number of rotatable bonds is 1. The standard InChI is InChI=1S/C9H3BrClF2N/c10-5-3-7(12)9(8(13)4-5)6(11)1-2-14/h1,3-4H. The molecule has 0 heterocycles. The van der Waals surface area contributed by atoms with Gasteiger partial charge in [-0.2, -0.15) is 5.26 Å². The van der Waals surface area contributed by atoms with Crippen LogP contribution in [0.15, 0.2) is 22.7 Å². The van der Waals surface area contributed by atoms with Gasteiger partial charge in [0.15, 0.2) is 0 Å². The van der Waals surface area contributed by atoms with E-state index in [1.165, 1.54) is 0 Å². The lowest BCUT2D eigenvalue weighted by molar-refractivity contribution is 0.576. The fourth-order valence-corrected chi connectivity index (χ4v) is 1.53. The molecule has 0 saturated carbocycles. The summed E-state index contributed by atoms with van der Waals surface area (Å²) in [6, 6.07) is 3.75. The lowest BCUT2D eigenvalue weighted by atomic mass is 10.2. The van der Waals surface area contributed by atoms with Crippen molar-refractivity contribution in [1.82, 2.24) is 0 Å². The molecule has 1 aromatic rings. The molecule has 0 aliphatic rings. The van der Waals surface area contributed by atoms with Crippen LogP contribution < -0.4 is 0 Å². The van der Waals surface area contributed by atoms with Crippen LogP contribution in [0.1, 0.15) is 5.56 Å². The van der Waals surface area contributed by atoms with Gasteiger partial charge in [0.1, 0.15) is 11.6 Å². The summed E-state index contributed by atoms with van der Waals surface area (Å²) in [5.74, 6) is -1.62. The van der Waals surface area contributed by atoms with E-state index in [0.717, 1.165) is 18.2 Å². The molecule has 0 fully saturated rings. The van der Waals surface area contributed by atoms with E-state index < -0.39 is 17.2 Å². The van der Waals surface area contributed by atoms with Crippen molar-refractivity contribution in [2.75, 3.05) is 0 Å². The van der Waals surface area contributed by atoms with Gasteiger partial charge in [0.25, 0.3) is 0 Å². The molecule has 0 aliphatic carbocycles. The fourth-order valence-electron chi connectivity index (χ4n) is 0.899. The van der Waals surface area contributed by atoms with E-state index >= 15 is 0 Å². The Kier molecular flexibility index (Phi) is 3.62. The summed E-state index contributed by atoms with van der Waals surface area (Å²) in [4.78, 5) is 0. The van der Waals surface area contributed by atoms with Crippen LogP contribution in [-0.4, -0.2) is 0 Å². The quantitative estimate of drug-likeness (QED) is 0.716. The zero-order chi connectivity index (χ0) is 10.7. The molecule has 0 amide bonds. The van der Waals surface area contributed by atoms with E-state index in [9.17, 15) is 8.78 Å². The average Bonchev–Trinajstić information content (AvgIpc) is 2.01. The molecule has 0 bridgehead atoms. The molecule has 5 heteroatoms. The number of allylic oxidation sites excluding steroid dienone is 1. The molecule has 0 spiro atoms. The molecule has 0 saturated heterocycles. The van der Waals surface area contributed by atoms with Crippen LogP contribution >= 0.6 is 27.5 Å². The Morgan fingerprint density at radius 3 is 2.36 bits per heavy atom. The Hall–Kier alpha value is -0.920. The molecule has 0 aliphatic heterocycles. The smallest absolute Gasteiger partial charge is 0.136 e. The SMILES string of the molecule is N#CC=C(Cl)c1c(F)cc(Br)cc1F. The third-order valence-electron chi connectivity index (χ3n) is 1.44. The lowest BCUT2D eigenvalue weighted by Gasteiger charge is -2.02. The van der Waals surface area contributed by atoms with Gasteiger partial charge >= 0.3 is 0 Å². The minimum Gasteiger partial charge on any atom is -0.206 e. The van der Waals surface area contributed by atoms with Crippen molar-refractivity contribution in [3.8, 4) is 6.07 Å². The highest BCUT2D eigenvalue weighted by atomic mass is 79.9.